The van der Waals surface area contributed by atoms with Gasteiger partial charge >= 0.3 is 0 Å². The molecular weight excluding hydrogens is 170 g/mol. The van der Waals surface area contributed by atoms with Gasteiger partial charge in [-0.25, -0.2) is 0 Å². The van der Waals surface area contributed by atoms with Crippen LogP contribution in [0.15, 0.2) is 24.4 Å². The summed E-state index contributed by atoms with van der Waals surface area (Å²) in [5.74, 6) is 0.626. The monoisotopic (exact) mass is 187 g/mol. The van der Waals surface area contributed by atoms with Gasteiger partial charge < -0.3 is 0 Å². The standard InChI is InChI=1S/C13H17N/c1-10(2)13(3)8-4-6-11-7-5-9-14-12(11)13/h4-7,9-10H,8H2,1-3H3. The van der Waals surface area contributed by atoms with Gasteiger partial charge in [0.25, 0.3) is 0 Å². The van der Waals surface area contributed by atoms with Crippen LogP contribution in [0.25, 0.3) is 6.08 Å². The second kappa shape index (κ2) is 3.23. The molecule has 74 valence electrons. The van der Waals surface area contributed by atoms with Gasteiger partial charge in [-0.15, -0.1) is 0 Å². The van der Waals surface area contributed by atoms with Gasteiger partial charge in [0.15, 0.2) is 0 Å². The average molecular weight is 187 g/mol. The lowest BCUT2D eigenvalue weighted by atomic mass is 9.70. The molecule has 0 saturated heterocycles. The zero-order chi connectivity index (χ0) is 10.2. The topological polar surface area (TPSA) is 12.9 Å². The SMILES string of the molecule is CC(C)C1(C)CC=Cc2cccnc21. The third kappa shape index (κ3) is 1.28. The predicted molar refractivity (Wildman–Crippen MR) is 60.1 cm³/mol. The summed E-state index contributed by atoms with van der Waals surface area (Å²) in [6.45, 7) is 6.86. The molecule has 1 nitrogen and oxygen atoms in total. The molecule has 0 fully saturated rings. The normalized spacial score (nSPS) is 25.1. The summed E-state index contributed by atoms with van der Waals surface area (Å²) in [5.41, 5.74) is 2.76. The van der Waals surface area contributed by atoms with Crippen LogP contribution < -0.4 is 0 Å². The summed E-state index contributed by atoms with van der Waals surface area (Å²) < 4.78 is 0. The van der Waals surface area contributed by atoms with Crippen molar-refractivity contribution in [3.63, 3.8) is 0 Å². The molecule has 0 aliphatic heterocycles. The molecule has 0 amide bonds. The van der Waals surface area contributed by atoms with Crippen molar-refractivity contribution in [3.05, 3.63) is 35.7 Å². The zero-order valence-electron chi connectivity index (χ0n) is 9.12. The Morgan fingerprint density at radius 3 is 2.93 bits per heavy atom. The Kier molecular flexibility index (Phi) is 2.18. The third-order valence-electron chi connectivity index (χ3n) is 3.49. The van der Waals surface area contributed by atoms with E-state index in [1.54, 1.807) is 0 Å². The fraction of sp³-hybridized carbons (Fsp3) is 0.462. The molecule has 1 aliphatic rings. The van der Waals surface area contributed by atoms with Gasteiger partial charge in [-0.3, -0.25) is 4.98 Å². The minimum absolute atomic E-state index is 0.214. The Hall–Kier alpha value is -1.11. The lowest BCUT2D eigenvalue weighted by molar-refractivity contribution is 0.329. The highest BCUT2D eigenvalue weighted by Gasteiger charge is 2.33. The molecule has 1 aromatic rings. The molecule has 0 spiro atoms. The van der Waals surface area contributed by atoms with E-state index in [2.05, 4.69) is 44.0 Å². The van der Waals surface area contributed by atoms with Crippen molar-refractivity contribution in [3.8, 4) is 0 Å². The molecular formula is C13H17N. The first-order valence-electron chi connectivity index (χ1n) is 5.26. The minimum atomic E-state index is 0.214. The Balaban J connectivity index is 2.56. The van der Waals surface area contributed by atoms with Crippen molar-refractivity contribution in [2.75, 3.05) is 0 Å². The first-order chi connectivity index (χ1) is 6.64. The molecule has 0 saturated carbocycles. The van der Waals surface area contributed by atoms with Gasteiger partial charge in [-0.1, -0.05) is 39.0 Å². The number of aromatic nitrogens is 1. The Morgan fingerprint density at radius 2 is 2.21 bits per heavy atom. The summed E-state index contributed by atoms with van der Waals surface area (Å²) >= 11 is 0. The van der Waals surface area contributed by atoms with E-state index in [9.17, 15) is 0 Å². The summed E-state index contributed by atoms with van der Waals surface area (Å²) in [7, 11) is 0. The zero-order valence-corrected chi connectivity index (χ0v) is 9.12. The largest absolute Gasteiger partial charge is 0.260 e. The van der Waals surface area contributed by atoms with Gasteiger partial charge in [-0.2, -0.15) is 0 Å². The summed E-state index contributed by atoms with van der Waals surface area (Å²) in [5, 5.41) is 0. The predicted octanol–water partition coefficient (Wildman–Crippen LogP) is 3.41. The van der Waals surface area contributed by atoms with E-state index in [1.807, 2.05) is 12.3 Å². The van der Waals surface area contributed by atoms with Crippen LogP contribution in [-0.2, 0) is 5.41 Å². The summed E-state index contributed by atoms with van der Waals surface area (Å²) in [6.07, 6.45) is 7.46. The van der Waals surface area contributed by atoms with E-state index < -0.39 is 0 Å². The fourth-order valence-corrected chi connectivity index (χ4v) is 2.07. The maximum atomic E-state index is 4.54. The van der Waals surface area contributed by atoms with Crippen LogP contribution in [-0.4, -0.2) is 4.98 Å². The van der Waals surface area contributed by atoms with E-state index in [-0.39, 0.29) is 5.41 Å². The Bertz CT molecular complexity index is 365. The molecule has 0 N–H and O–H groups in total. The number of allylic oxidation sites excluding steroid dienone is 1. The van der Waals surface area contributed by atoms with Gasteiger partial charge in [0, 0.05) is 11.6 Å². The molecule has 2 rings (SSSR count). The smallest absolute Gasteiger partial charge is 0.0540 e. The number of hydrogen-bond donors (Lipinski definition) is 0. The highest BCUT2D eigenvalue weighted by molar-refractivity contribution is 5.56. The molecule has 0 bridgehead atoms. The van der Waals surface area contributed by atoms with Crippen LogP contribution in [0.4, 0.5) is 0 Å². The maximum absolute atomic E-state index is 4.54. The van der Waals surface area contributed by atoms with Crippen LogP contribution in [0.1, 0.15) is 38.4 Å². The van der Waals surface area contributed by atoms with Crippen molar-refractivity contribution < 1.29 is 0 Å². The van der Waals surface area contributed by atoms with E-state index in [1.165, 1.54) is 11.3 Å². The maximum Gasteiger partial charge on any atom is 0.0540 e. The van der Waals surface area contributed by atoms with Gasteiger partial charge in [0.2, 0.25) is 0 Å². The summed E-state index contributed by atoms with van der Waals surface area (Å²) in [4.78, 5) is 4.54. The molecule has 1 heterocycles. The van der Waals surface area contributed by atoms with Crippen molar-refractivity contribution in [2.45, 2.75) is 32.6 Å². The minimum Gasteiger partial charge on any atom is -0.260 e. The molecule has 0 radical (unpaired) electrons. The molecule has 1 aliphatic carbocycles. The highest BCUT2D eigenvalue weighted by Crippen LogP contribution is 2.39. The summed E-state index contributed by atoms with van der Waals surface area (Å²) in [6, 6.07) is 4.16. The van der Waals surface area contributed by atoms with Crippen molar-refractivity contribution in [1.82, 2.24) is 4.98 Å². The van der Waals surface area contributed by atoms with Crippen LogP contribution in [0.3, 0.4) is 0 Å². The average Bonchev–Trinajstić information content (AvgIpc) is 2.18. The van der Waals surface area contributed by atoms with Crippen molar-refractivity contribution >= 4 is 6.08 Å². The van der Waals surface area contributed by atoms with Gasteiger partial charge in [0.05, 0.1) is 5.69 Å². The van der Waals surface area contributed by atoms with Crippen LogP contribution in [0, 0.1) is 5.92 Å². The molecule has 1 aromatic heterocycles. The number of pyridine rings is 1. The van der Waals surface area contributed by atoms with Crippen molar-refractivity contribution in [2.24, 2.45) is 5.92 Å². The molecule has 0 aromatic carbocycles. The third-order valence-corrected chi connectivity index (χ3v) is 3.49. The second-order valence-corrected chi connectivity index (χ2v) is 4.62. The second-order valence-electron chi connectivity index (χ2n) is 4.62. The van der Waals surface area contributed by atoms with E-state index in [4.69, 9.17) is 0 Å². The number of hydrogen-bond acceptors (Lipinski definition) is 1. The molecule has 1 atom stereocenters. The molecule has 14 heavy (non-hydrogen) atoms. The van der Waals surface area contributed by atoms with Crippen LogP contribution >= 0.6 is 0 Å². The lowest BCUT2D eigenvalue weighted by Crippen LogP contribution is -2.31. The number of fused-ring (bicyclic) bond motifs is 1. The van der Waals surface area contributed by atoms with E-state index >= 15 is 0 Å². The van der Waals surface area contributed by atoms with E-state index in [0.29, 0.717) is 5.92 Å². The lowest BCUT2D eigenvalue weighted by Gasteiger charge is -2.35. The number of rotatable bonds is 1. The van der Waals surface area contributed by atoms with E-state index in [0.717, 1.165) is 6.42 Å². The molecule has 1 heteroatoms. The molecule has 1 unspecified atom stereocenters. The number of nitrogens with zero attached hydrogens (tertiary/aromatic N) is 1. The quantitative estimate of drug-likeness (QED) is 0.656. The van der Waals surface area contributed by atoms with Crippen LogP contribution in [0.5, 0.6) is 0 Å². The van der Waals surface area contributed by atoms with Crippen LogP contribution in [0.2, 0.25) is 0 Å². The van der Waals surface area contributed by atoms with Gasteiger partial charge in [0.1, 0.15) is 0 Å². The Morgan fingerprint density at radius 1 is 1.43 bits per heavy atom. The Labute approximate surface area is 85.9 Å². The fourth-order valence-electron chi connectivity index (χ4n) is 2.07. The van der Waals surface area contributed by atoms with Gasteiger partial charge in [-0.05, 0) is 24.0 Å². The first kappa shape index (κ1) is 9.45. The highest BCUT2D eigenvalue weighted by atomic mass is 14.7. The van der Waals surface area contributed by atoms with Crippen molar-refractivity contribution in [1.29, 1.82) is 0 Å². The first-order valence-corrected chi connectivity index (χ1v) is 5.26.